The van der Waals surface area contributed by atoms with E-state index in [1.165, 1.54) is 6.07 Å². The first-order chi connectivity index (χ1) is 13.1. The molecule has 0 atom stereocenters. The minimum absolute atomic E-state index is 0.0635. The molecule has 0 aliphatic heterocycles. The molecule has 2 aromatic carbocycles. The van der Waals surface area contributed by atoms with E-state index in [0.717, 1.165) is 5.75 Å². The molecule has 142 valence electrons. The van der Waals surface area contributed by atoms with Crippen molar-refractivity contribution in [2.45, 2.75) is 20.8 Å². The fraction of sp³-hybridized carbons (Fsp3) is 0.286. The highest BCUT2D eigenvalue weighted by Gasteiger charge is 2.20. The van der Waals surface area contributed by atoms with Crippen molar-refractivity contribution in [2.75, 3.05) is 19.8 Å². The van der Waals surface area contributed by atoms with Crippen LogP contribution in [0.3, 0.4) is 0 Å². The number of aromatic hydroxyl groups is 1. The molecule has 6 nitrogen and oxygen atoms in total. The molecule has 1 heterocycles. The molecular weight excluding hydrogens is 348 g/mol. The third-order valence-corrected chi connectivity index (χ3v) is 3.93. The van der Waals surface area contributed by atoms with Crippen LogP contribution in [0.5, 0.6) is 23.0 Å². The fourth-order valence-electron chi connectivity index (χ4n) is 2.84. The number of benzene rings is 2. The van der Waals surface area contributed by atoms with Gasteiger partial charge in [-0.15, -0.1) is 0 Å². The van der Waals surface area contributed by atoms with Gasteiger partial charge in [0.1, 0.15) is 28.2 Å². The molecule has 27 heavy (non-hydrogen) atoms. The van der Waals surface area contributed by atoms with Gasteiger partial charge in [0.05, 0.1) is 19.8 Å². The summed E-state index contributed by atoms with van der Waals surface area (Å²) >= 11 is 0. The van der Waals surface area contributed by atoms with Crippen molar-refractivity contribution in [1.29, 1.82) is 0 Å². The lowest BCUT2D eigenvalue weighted by atomic mass is 10.1. The van der Waals surface area contributed by atoms with E-state index in [2.05, 4.69) is 0 Å². The molecule has 0 radical (unpaired) electrons. The summed E-state index contributed by atoms with van der Waals surface area (Å²) in [5.41, 5.74) is 0.473. The first kappa shape index (κ1) is 18.6. The normalized spacial score (nSPS) is 10.8. The second-order valence-corrected chi connectivity index (χ2v) is 5.73. The van der Waals surface area contributed by atoms with Gasteiger partial charge in [-0.2, -0.15) is 0 Å². The van der Waals surface area contributed by atoms with E-state index in [-0.39, 0.29) is 29.1 Å². The predicted octanol–water partition coefficient (Wildman–Crippen LogP) is 4.36. The minimum Gasteiger partial charge on any atom is -0.507 e. The zero-order chi connectivity index (χ0) is 19.4. The van der Waals surface area contributed by atoms with Gasteiger partial charge < -0.3 is 23.7 Å². The molecule has 0 unspecified atom stereocenters. The van der Waals surface area contributed by atoms with Crippen LogP contribution in [0, 0.1) is 0 Å². The van der Waals surface area contributed by atoms with E-state index < -0.39 is 5.43 Å². The van der Waals surface area contributed by atoms with Gasteiger partial charge in [0.15, 0.2) is 5.76 Å². The predicted molar refractivity (Wildman–Crippen MR) is 103 cm³/mol. The molecule has 0 aliphatic carbocycles. The van der Waals surface area contributed by atoms with Gasteiger partial charge in [0.25, 0.3) is 0 Å². The molecule has 6 heteroatoms. The summed E-state index contributed by atoms with van der Waals surface area (Å²) in [6.07, 6.45) is 0. The molecule has 0 saturated heterocycles. The molecule has 0 fully saturated rings. The van der Waals surface area contributed by atoms with Crippen LogP contribution in [0.4, 0.5) is 0 Å². The van der Waals surface area contributed by atoms with Crippen molar-refractivity contribution in [3.8, 4) is 34.3 Å². The summed E-state index contributed by atoms with van der Waals surface area (Å²) in [5.74, 6) is 1.30. The number of ether oxygens (including phenoxy) is 3. The first-order valence-electron chi connectivity index (χ1n) is 8.91. The van der Waals surface area contributed by atoms with Crippen LogP contribution >= 0.6 is 0 Å². The van der Waals surface area contributed by atoms with Crippen molar-refractivity contribution < 1.29 is 23.7 Å². The van der Waals surface area contributed by atoms with Gasteiger partial charge in [-0.25, -0.2) is 0 Å². The van der Waals surface area contributed by atoms with Gasteiger partial charge >= 0.3 is 0 Å². The monoisotopic (exact) mass is 370 g/mol. The number of hydrogen-bond acceptors (Lipinski definition) is 6. The zero-order valence-electron chi connectivity index (χ0n) is 15.6. The maximum Gasteiger partial charge on any atom is 0.239 e. The number of hydrogen-bond donors (Lipinski definition) is 1. The Labute approximate surface area is 156 Å². The summed E-state index contributed by atoms with van der Waals surface area (Å²) in [5, 5.41) is 10.4. The Morgan fingerprint density at radius 2 is 1.52 bits per heavy atom. The second kappa shape index (κ2) is 8.03. The summed E-state index contributed by atoms with van der Waals surface area (Å²) in [4.78, 5) is 13.0. The number of phenols is 1. The smallest absolute Gasteiger partial charge is 0.239 e. The quantitative estimate of drug-likeness (QED) is 0.666. The van der Waals surface area contributed by atoms with Crippen LogP contribution < -0.4 is 19.6 Å². The Balaban J connectivity index is 2.23. The third-order valence-electron chi connectivity index (χ3n) is 3.93. The average molecular weight is 370 g/mol. The SMILES string of the molecule is CCOc1ccc(-c2oc3cc(OCC)cc(O)c3c(=O)c2OCC)cc1. The van der Waals surface area contributed by atoms with Crippen LogP contribution in [-0.2, 0) is 0 Å². The van der Waals surface area contributed by atoms with Crippen molar-refractivity contribution >= 4 is 11.0 Å². The van der Waals surface area contributed by atoms with Crippen LogP contribution in [0.1, 0.15) is 20.8 Å². The van der Waals surface area contributed by atoms with Gasteiger partial charge in [-0.3, -0.25) is 4.79 Å². The maximum atomic E-state index is 13.0. The number of rotatable bonds is 7. The molecule has 1 aromatic heterocycles. The first-order valence-corrected chi connectivity index (χ1v) is 8.91. The van der Waals surface area contributed by atoms with Gasteiger partial charge in [-0.1, -0.05) is 0 Å². The highest BCUT2D eigenvalue weighted by atomic mass is 16.5. The number of fused-ring (bicyclic) bond motifs is 1. The largest absolute Gasteiger partial charge is 0.507 e. The Morgan fingerprint density at radius 1 is 0.889 bits per heavy atom. The topological polar surface area (TPSA) is 78.1 Å². The zero-order valence-corrected chi connectivity index (χ0v) is 15.6. The fourth-order valence-corrected chi connectivity index (χ4v) is 2.84. The van der Waals surface area contributed by atoms with Crippen LogP contribution in [0.15, 0.2) is 45.6 Å². The average Bonchev–Trinajstić information content (AvgIpc) is 2.65. The van der Waals surface area contributed by atoms with Gasteiger partial charge in [0, 0.05) is 17.7 Å². The van der Waals surface area contributed by atoms with E-state index in [0.29, 0.717) is 30.3 Å². The molecule has 3 rings (SSSR count). The summed E-state index contributed by atoms with van der Waals surface area (Å²) in [7, 11) is 0. The highest BCUT2D eigenvalue weighted by Crippen LogP contribution is 2.36. The minimum atomic E-state index is -0.428. The van der Waals surface area contributed by atoms with Crippen molar-refractivity contribution in [2.24, 2.45) is 0 Å². The van der Waals surface area contributed by atoms with Crippen LogP contribution in [-0.4, -0.2) is 24.9 Å². The summed E-state index contributed by atoms with van der Waals surface area (Å²) in [6, 6.07) is 10.2. The lowest BCUT2D eigenvalue weighted by Gasteiger charge is -2.13. The molecular formula is C21H22O6. The number of phenolic OH excluding ortho intramolecular Hbond substituents is 1. The van der Waals surface area contributed by atoms with Crippen molar-refractivity contribution in [3.05, 3.63) is 46.6 Å². The Morgan fingerprint density at radius 3 is 2.15 bits per heavy atom. The third kappa shape index (κ3) is 3.69. The van der Waals surface area contributed by atoms with Crippen LogP contribution in [0.2, 0.25) is 0 Å². The molecule has 0 bridgehead atoms. The lowest BCUT2D eigenvalue weighted by Crippen LogP contribution is -2.10. The lowest BCUT2D eigenvalue weighted by molar-refractivity contribution is 0.328. The van der Waals surface area contributed by atoms with E-state index in [1.54, 1.807) is 37.3 Å². The molecule has 0 aliphatic rings. The summed E-state index contributed by atoms with van der Waals surface area (Å²) < 4.78 is 22.4. The van der Waals surface area contributed by atoms with Crippen LogP contribution in [0.25, 0.3) is 22.3 Å². The second-order valence-electron chi connectivity index (χ2n) is 5.73. The van der Waals surface area contributed by atoms with E-state index in [9.17, 15) is 9.90 Å². The van der Waals surface area contributed by atoms with E-state index in [1.807, 2.05) is 13.8 Å². The van der Waals surface area contributed by atoms with Crippen molar-refractivity contribution in [1.82, 2.24) is 0 Å². The van der Waals surface area contributed by atoms with Gasteiger partial charge in [-0.05, 0) is 45.0 Å². The van der Waals surface area contributed by atoms with Crippen molar-refractivity contribution in [3.63, 3.8) is 0 Å². The standard InChI is InChI=1S/C21H22O6/c1-4-24-14-9-7-13(8-10-14)20-21(26-6-3)19(23)18-16(22)11-15(25-5-2)12-17(18)27-20/h7-12,22H,4-6H2,1-3H3. The van der Waals surface area contributed by atoms with E-state index in [4.69, 9.17) is 18.6 Å². The Bertz CT molecular complexity index is 988. The molecule has 0 spiro atoms. The molecule has 3 aromatic rings. The van der Waals surface area contributed by atoms with Gasteiger partial charge in [0.2, 0.25) is 11.2 Å². The Kier molecular flexibility index (Phi) is 5.54. The molecule has 1 N–H and O–H groups in total. The Hall–Kier alpha value is -3.15. The van der Waals surface area contributed by atoms with E-state index >= 15 is 0 Å². The molecule has 0 saturated carbocycles. The highest BCUT2D eigenvalue weighted by molar-refractivity contribution is 5.88. The maximum absolute atomic E-state index is 13.0. The summed E-state index contributed by atoms with van der Waals surface area (Å²) in [6.45, 7) is 6.81. The molecule has 0 amide bonds.